The topological polar surface area (TPSA) is 33.2 Å². The van der Waals surface area contributed by atoms with Crippen LogP contribution in [0.1, 0.15) is 23.2 Å². The molecule has 1 aromatic carbocycles. The van der Waals surface area contributed by atoms with Crippen LogP contribution < -0.4 is 0 Å². The second-order valence-electron chi connectivity index (χ2n) is 4.94. The number of halogens is 1. The molecule has 1 aliphatic rings. The molecule has 2 heterocycles. The first-order chi connectivity index (χ1) is 9.75. The predicted molar refractivity (Wildman–Crippen MR) is 74.8 cm³/mol. The van der Waals surface area contributed by atoms with Gasteiger partial charge in [-0.2, -0.15) is 0 Å². The van der Waals surface area contributed by atoms with Crippen molar-refractivity contribution in [2.45, 2.75) is 12.8 Å². The van der Waals surface area contributed by atoms with E-state index in [-0.39, 0.29) is 11.5 Å². The Balaban J connectivity index is 1.90. The van der Waals surface area contributed by atoms with Crippen LogP contribution in [0.25, 0.3) is 11.1 Å². The van der Waals surface area contributed by atoms with E-state index >= 15 is 0 Å². The number of pyridine rings is 1. The third-order valence-corrected chi connectivity index (χ3v) is 3.59. The molecule has 1 amide bonds. The molecule has 0 unspecified atom stereocenters. The smallest absolute Gasteiger partial charge is 0.256 e. The molecular formula is C16H15FN2O. The molecule has 1 aromatic heterocycles. The zero-order valence-electron chi connectivity index (χ0n) is 11.1. The highest BCUT2D eigenvalue weighted by atomic mass is 19.1. The average Bonchev–Trinajstić information content (AvgIpc) is 3.01. The van der Waals surface area contributed by atoms with E-state index in [9.17, 15) is 9.18 Å². The van der Waals surface area contributed by atoms with Gasteiger partial charge in [-0.3, -0.25) is 9.78 Å². The highest BCUT2D eigenvalue weighted by molar-refractivity contribution is 5.95. The largest absolute Gasteiger partial charge is 0.339 e. The molecule has 20 heavy (non-hydrogen) atoms. The summed E-state index contributed by atoms with van der Waals surface area (Å²) in [5, 5.41) is 0. The van der Waals surface area contributed by atoms with Gasteiger partial charge < -0.3 is 4.90 Å². The van der Waals surface area contributed by atoms with E-state index in [4.69, 9.17) is 0 Å². The molecule has 3 rings (SSSR count). The number of amides is 1. The molecule has 0 N–H and O–H groups in total. The average molecular weight is 270 g/mol. The quantitative estimate of drug-likeness (QED) is 0.840. The molecule has 0 atom stereocenters. The summed E-state index contributed by atoms with van der Waals surface area (Å²) in [7, 11) is 0. The Morgan fingerprint density at radius 1 is 1.15 bits per heavy atom. The molecule has 0 saturated carbocycles. The number of nitrogens with zero attached hydrogens (tertiary/aromatic N) is 2. The van der Waals surface area contributed by atoms with Crippen molar-refractivity contribution in [3.63, 3.8) is 0 Å². The van der Waals surface area contributed by atoms with E-state index in [1.165, 1.54) is 6.07 Å². The molecular weight excluding hydrogens is 255 g/mol. The third kappa shape index (κ3) is 2.41. The lowest BCUT2D eigenvalue weighted by Gasteiger charge is -2.16. The van der Waals surface area contributed by atoms with Gasteiger partial charge in [0.2, 0.25) is 0 Å². The Bertz CT molecular complexity index is 622. The molecule has 0 aliphatic carbocycles. The number of aromatic nitrogens is 1. The van der Waals surface area contributed by atoms with Crippen molar-refractivity contribution in [1.82, 2.24) is 9.88 Å². The summed E-state index contributed by atoms with van der Waals surface area (Å²) in [5.74, 6) is -0.680. The summed E-state index contributed by atoms with van der Waals surface area (Å²) >= 11 is 0. The number of likely N-dealkylation sites (tertiary alicyclic amines) is 1. The van der Waals surface area contributed by atoms with Crippen molar-refractivity contribution in [2.75, 3.05) is 13.1 Å². The summed E-state index contributed by atoms with van der Waals surface area (Å²) in [6.45, 7) is 1.45. The lowest BCUT2D eigenvalue weighted by Crippen LogP contribution is -2.28. The summed E-state index contributed by atoms with van der Waals surface area (Å²) in [5.41, 5.74) is 1.72. The Morgan fingerprint density at radius 3 is 2.60 bits per heavy atom. The fraction of sp³-hybridized carbons (Fsp3) is 0.250. The first-order valence-corrected chi connectivity index (χ1v) is 6.75. The Kier molecular flexibility index (Phi) is 3.46. The van der Waals surface area contributed by atoms with Crippen LogP contribution in [0.2, 0.25) is 0 Å². The summed E-state index contributed by atoms with van der Waals surface area (Å²) < 4.78 is 14.2. The first-order valence-electron chi connectivity index (χ1n) is 6.75. The minimum absolute atomic E-state index is 0.152. The van der Waals surface area contributed by atoms with Gasteiger partial charge in [0.15, 0.2) is 0 Å². The number of benzene rings is 1. The Morgan fingerprint density at radius 2 is 1.95 bits per heavy atom. The van der Waals surface area contributed by atoms with Crippen LogP contribution in [-0.4, -0.2) is 28.9 Å². The molecule has 2 aromatic rings. The number of rotatable bonds is 2. The summed E-state index contributed by atoms with van der Waals surface area (Å²) in [6.07, 6.45) is 5.35. The van der Waals surface area contributed by atoms with E-state index in [0.717, 1.165) is 37.1 Å². The lowest BCUT2D eigenvalue weighted by molar-refractivity contribution is 0.0788. The minimum Gasteiger partial charge on any atom is -0.339 e. The van der Waals surface area contributed by atoms with Crippen molar-refractivity contribution in [1.29, 1.82) is 0 Å². The van der Waals surface area contributed by atoms with Gasteiger partial charge in [0.25, 0.3) is 5.91 Å². The molecule has 4 heteroatoms. The SMILES string of the molecule is O=C(c1ccc(-c2cccnc2)cc1F)N1CCCC1. The van der Waals surface area contributed by atoms with Crippen molar-refractivity contribution >= 4 is 5.91 Å². The molecule has 0 spiro atoms. The zero-order chi connectivity index (χ0) is 13.9. The van der Waals surface area contributed by atoms with Crippen LogP contribution in [0.3, 0.4) is 0 Å². The van der Waals surface area contributed by atoms with Gasteiger partial charge in [0.1, 0.15) is 5.82 Å². The monoisotopic (exact) mass is 270 g/mol. The molecule has 102 valence electrons. The van der Waals surface area contributed by atoms with Crippen molar-refractivity contribution in [3.05, 3.63) is 54.1 Å². The van der Waals surface area contributed by atoms with Gasteiger partial charge in [0, 0.05) is 31.0 Å². The van der Waals surface area contributed by atoms with Gasteiger partial charge in [-0.25, -0.2) is 4.39 Å². The van der Waals surface area contributed by atoms with E-state index in [0.29, 0.717) is 0 Å². The Labute approximate surface area is 117 Å². The number of hydrogen-bond acceptors (Lipinski definition) is 2. The van der Waals surface area contributed by atoms with E-state index in [1.807, 2.05) is 6.07 Å². The number of hydrogen-bond donors (Lipinski definition) is 0. The molecule has 1 aliphatic heterocycles. The molecule has 1 saturated heterocycles. The second kappa shape index (κ2) is 5.41. The fourth-order valence-electron chi connectivity index (χ4n) is 2.49. The maximum Gasteiger partial charge on any atom is 0.256 e. The summed E-state index contributed by atoms with van der Waals surface area (Å²) in [6, 6.07) is 8.41. The second-order valence-corrected chi connectivity index (χ2v) is 4.94. The lowest BCUT2D eigenvalue weighted by atomic mass is 10.0. The van der Waals surface area contributed by atoms with Crippen LogP contribution in [0.5, 0.6) is 0 Å². The van der Waals surface area contributed by atoms with Crippen LogP contribution >= 0.6 is 0 Å². The third-order valence-electron chi connectivity index (χ3n) is 3.59. The van der Waals surface area contributed by atoms with Gasteiger partial charge >= 0.3 is 0 Å². The van der Waals surface area contributed by atoms with E-state index in [1.54, 1.807) is 35.5 Å². The fourth-order valence-corrected chi connectivity index (χ4v) is 2.49. The van der Waals surface area contributed by atoms with Crippen LogP contribution in [0.15, 0.2) is 42.7 Å². The van der Waals surface area contributed by atoms with E-state index < -0.39 is 5.82 Å². The first kappa shape index (κ1) is 12.8. The minimum atomic E-state index is -0.469. The highest BCUT2D eigenvalue weighted by Crippen LogP contribution is 2.22. The van der Waals surface area contributed by atoms with Crippen LogP contribution in [-0.2, 0) is 0 Å². The van der Waals surface area contributed by atoms with Gasteiger partial charge in [-0.15, -0.1) is 0 Å². The number of carbonyl (C=O) groups excluding carboxylic acids is 1. The maximum absolute atomic E-state index is 14.2. The predicted octanol–water partition coefficient (Wildman–Crippen LogP) is 3.12. The van der Waals surface area contributed by atoms with Crippen LogP contribution in [0.4, 0.5) is 4.39 Å². The molecule has 0 bridgehead atoms. The van der Waals surface area contributed by atoms with Crippen molar-refractivity contribution in [3.8, 4) is 11.1 Å². The highest BCUT2D eigenvalue weighted by Gasteiger charge is 2.22. The van der Waals surface area contributed by atoms with Gasteiger partial charge in [-0.1, -0.05) is 12.1 Å². The maximum atomic E-state index is 14.2. The Hall–Kier alpha value is -2.23. The van der Waals surface area contributed by atoms with Crippen LogP contribution in [0, 0.1) is 5.82 Å². The number of carbonyl (C=O) groups is 1. The molecule has 0 radical (unpaired) electrons. The molecule has 1 fully saturated rings. The van der Waals surface area contributed by atoms with Gasteiger partial charge in [-0.05, 0) is 36.6 Å². The summed E-state index contributed by atoms with van der Waals surface area (Å²) in [4.78, 5) is 17.9. The zero-order valence-corrected chi connectivity index (χ0v) is 11.1. The van der Waals surface area contributed by atoms with E-state index in [2.05, 4.69) is 4.98 Å². The standard InChI is InChI=1S/C16H15FN2O/c17-15-10-12(13-4-3-7-18-11-13)5-6-14(15)16(20)19-8-1-2-9-19/h3-7,10-11H,1-2,8-9H2. The van der Waals surface area contributed by atoms with Crippen molar-refractivity contribution in [2.24, 2.45) is 0 Å². The van der Waals surface area contributed by atoms with Gasteiger partial charge in [0.05, 0.1) is 5.56 Å². The van der Waals surface area contributed by atoms with Crippen molar-refractivity contribution < 1.29 is 9.18 Å². The normalized spacial score (nSPS) is 14.6. The molecule has 3 nitrogen and oxygen atoms in total.